The minimum atomic E-state index is -3.64. The summed E-state index contributed by atoms with van der Waals surface area (Å²) in [6.45, 7) is 7.25. The first-order valence-electron chi connectivity index (χ1n) is 10.9. The number of carbonyl (C=O) groups is 1. The van der Waals surface area contributed by atoms with Crippen LogP contribution in [0.2, 0.25) is 0 Å². The van der Waals surface area contributed by atoms with Gasteiger partial charge in [-0.05, 0) is 49.2 Å². The van der Waals surface area contributed by atoms with E-state index in [1.165, 1.54) is 13.0 Å². The summed E-state index contributed by atoms with van der Waals surface area (Å²) in [5.41, 5.74) is 2.28. The Labute approximate surface area is 188 Å². The Morgan fingerprint density at radius 3 is 2.50 bits per heavy atom. The van der Waals surface area contributed by atoms with Crippen LogP contribution in [0.5, 0.6) is 0 Å². The second-order valence-electron chi connectivity index (χ2n) is 8.41. The number of fused-ring (bicyclic) bond motifs is 1. The Bertz CT molecular complexity index is 1100. The molecule has 2 aromatic rings. The van der Waals surface area contributed by atoms with Gasteiger partial charge in [-0.2, -0.15) is 0 Å². The molecule has 0 spiro atoms. The molecule has 7 nitrogen and oxygen atoms in total. The third-order valence-electron chi connectivity index (χ3n) is 6.20. The number of hydrogen-bond donors (Lipinski definition) is 1. The van der Waals surface area contributed by atoms with Crippen LogP contribution in [0.25, 0.3) is 0 Å². The summed E-state index contributed by atoms with van der Waals surface area (Å²) in [5.74, 6) is -0.260. The average molecular weight is 461 g/mol. The standard InChI is InChI=1S/C23H29FN4O3S/c1-17-15-19-16-20(7-8-22(19)28(17)18(2)29)32(30,31)25-9-10-26-11-13-27(14-12-26)23-6-4-3-5-21(23)24/h3-8,16-17,25H,9-15H2,1-2H3/t17-/m0/s1. The number of nitrogens with one attached hydrogen (secondary N) is 1. The van der Waals surface area contributed by atoms with Gasteiger partial charge in [-0.25, -0.2) is 17.5 Å². The molecule has 2 aromatic carbocycles. The number of para-hydroxylation sites is 1. The van der Waals surface area contributed by atoms with Crippen LogP contribution in [0.1, 0.15) is 19.4 Å². The zero-order valence-corrected chi connectivity index (χ0v) is 19.2. The number of carbonyl (C=O) groups excluding carboxylic acids is 1. The molecule has 0 bridgehead atoms. The van der Waals surface area contributed by atoms with Crippen LogP contribution in [0.15, 0.2) is 47.4 Å². The van der Waals surface area contributed by atoms with Crippen LogP contribution in [0.4, 0.5) is 15.8 Å². The highest BCUT2D eigenvalue weighted by molar-refractivity contribution is 7.89. The van der Waals surface area contributed by atoms with Crippen molar-refractivity contribution >= 4 is 27.3 Å². The van der Waals surface area contributed by atoms with E-state index in [9.17, 15) is 17.6 Å². The lowest BCUT2D eigenvalue weighted by Gasteiger charge is -2.36. The highest BCUT2D eigenvalue weighted by Crippen LogP contribution is 2.33. The van der Waals surface area contributed by atoms with Gasteiger partial charge in [0.05, 0.1) is 10.6 Å². The maximum absolute atomic E-state index is 14.0. The van der Waals surface area contributed by atoms with Gasteiger partial charge in [-0.1, -0.05) is 12.1 Å². The zero-order chi connectivity index (χ0) is 22.9. The van der Waals surface area contributed by atoms with Gasteiger partial charge >= 0.3 is 0 Å². The number of halogens is 1. The molecule has 4 rings (SSSR count). The Morgan fingerprint density at radius 1 is 1.09 bits per heavy atom. The molecule has 32 heavy (non-hydrogen) atoms. The number of hydrogen-bond acceptors (Lipinski definition) is 5. The Morgan fingerprint density at radius 2 is 1.81 bits per heavy atom. The van der Waals surface area contributed by atoms with Crippen molar-refractivity contribution < 1.29 is 17.6 Å². The van der Waals surface area contributed by atoms with E-state index < -0.39 is 10.0 Å². The van der Waals surface area contributed by atoms with Gasteiger partial charge in [0.2, 0.25) is 15.9 Å². The van der Waals surface area contributed by atoms with E-state index in [2.05, 4.69) is 9.62 Å². The number of rotatable bonds is 6. The number of benzene rings is 2. The molecular weight excluding hydrogens is 431 g/mol. The smallest absolute Gasteiger partial charge is 0.240 e. The molecule has 0 aromatic heterocycles. The molecule has 1 atom stereocenters. The van der Waals surface area contributed by atoms with Crippen molar-refractivity contribution in [1.29, 1.82) is 0 Å². The molecule has 2 heterocycles. The van der Waals surface area contributed by atoms with Gasteiger partial charge in [0.15, 0.2) is 0 Å². The van der Waals surface area contributed by atoms with Crippen LogP contribution >= 0.6 is 0 Å². The maximum Gasteiger partial charge on any atom is 0.240 e. The van der Waals surface area contributed by atoms with Crippen molar-refractivity contribution in [2.75, 3.05) is 49.1 Å². The molecular formula is C23H29FN4O3S. The summed E-state index contributed by atoms with van der Waals surface area (Å²) in [7, 11) is -3.64. The topological polar surface area (TPSA) is 73.0 Å². The minimum absolute atomic E-state index is 0.0245. The van der Waals surface area contributed by atoms with E-state index in [4.69, 9.17) is 0 Å². The number of nitrogens with zero attached hydrogens (tertiary/aromatic N) is 3. The zero-order valence-electron chi connectivity index (χ0n) is 18.4. The first-order valence-corrected chi connectivity index (χ1v) is 12.4. The van der Waals surface area contributed by atoms with E-state index >= 15 is 0 Å². The predicted molar refractivity (Wildman–Crippen MR) is 123 cm³/mol. The summed E-state index contributed by atoms with van der Waals surface area (Å²) in [6.07, 6.45) is 0.643. The molecule has 2 aliphatic rings. The van der Waals surface area contributed by atoms with E-state index in [0.29, 0.717) is 38.3 Å². The fourth-order valence-corrected chi connectivity index (χ4v) is 5.67. The normalized spacial score (nSPS) is 19.3. The summed E-state index contributed by atoms with van der Waals surface area (Å²) in [5, 5.41) is 0. The van der Waals surface area contributed by atoms with Crippen LogP contribution in [-0.4, -0.2) is 64.5 Å². The van der Waals surface area contributed by atoms with Crippen LogP contribution < -0.4 is 14.5 Å². The van der Waals surface area contributed by atoms with Gasteiger partial charge in [0, 0.05) is 57.9 Å². The lowest BCUT2D eigenvalue weighted by atomic mass is 10.1. The second kappa shape index (κ2) is 9.17. The molecule has 9 heteroatoms. The number of anilines is 2. The quantitative estimate of drug-likeness (QED) is 0.716. The first-order chi connectivity index (χ1) is 15.3. The fraction of sp³-hybridized carbons (Fsp3) is 0.435. The van der Waals surface area contributed by atoms with Crippen molar-refractivity contribution in [3.63, 3.8) is 0 Å². The summed E-state index contributed by atoms with van der Waals surface area (Å²) in [6, 6.07) is 11.7. The Balaban J connectivity index is 1.31. The van der Waals surface area contributed by atoms with E-state index in [1.807, 2.05) is 17.9 Å². The Kier molecular flexibility index (Phi) is 6.50. The minimum Gasteiger partial charge on any atom is -0.367 e. The third-order valence-corrected chi connectivity index (χ3v) is 7.66. The highest BCUT2D eigenvalue weighted by atomic mass is 32.2. The van der Waals surface area contributed by atoms with Crippen LogP contribution in [0, 0.1) is 5.82 Å². The van der Waals surface area contributed by atoms with Crippen molar-refractivity contribution in [2.24, 2.45) is 0 Å². The largest absolute Gasteiger partial charge is 0.367 e. The molecule has 0 saturated carbocycles. The van der Waals surface area contributed by atoms with Gasteiger partial charge in [-0.3, -0.25) is 9.69 Å². The molecule has 172 valence electrons. The van der Waals surface area contributed by atoms with Gasteiger partial charge in [0.1, 0.15) is 5.82 Å². The van der Waals surface area contributed by atoms with Crippen molar-refractivity contribution in [1.82, 2.24) is 9.62 Å². The number of amides is 1. The fourth-order valence-electron chi connectivity index (χ4n) is 4.60. The lowest BCUT2D eigenvalue weighted by Crippen LogP contribution is -2.48. The van der Waals surface area contributed by atoms with Gasteiger partial charge in [-0.15, -0.1) is 0 Å². The van der Waals surface area contributed by atoms with E-state index in [-0.39, 0.29) is 22.7 Å². The van der Waals surface area contributed by atoms with Crippen LogP contribution in [-0.2, 0) is 21.2 Å². The van der Waals surface area contributed by atoms with Gasteiger partial charge < -0.3 is 9.80 Å². The number of sulfonamides is 1. The van der Waals surface area contributed by atoms with Gasteiger partial charge in [0.25, 0.3) is 0 Å². The monoisotopic (exact) mass is 460 g/mol. The molecule has 0 radical (unpaired) electrons. The molecule has 0 aliphatic carbocycles. The predicted octanol–water partition coefficient (Wildman–Crippen LogP) is 2.22. The molecule has 0 unspecified atom stereocenters. The van der Waals surface area contributed by atoms with Crippen molar-refractivity contribution in [2.45, 2.75) is 31.2 Å². The van der Waals surface area contributed by atoms with E-state index in [1.54, 1.807) is 35.2 Å². The molecule has 1 N–H and O–H groups in total. The second-order valence-corrected chi connectivity index (χ2v) is 10.2. The average Bonchev–Trinajstić information content (AvgIpc) is 3.09. The summed E-state index contributed by atoms with van der Waals surface area (Å²) in [4.78, 5) is 18.0. The molecule has 1 fully saturated rings. The van der Waals surface area contributed by atoms with E-state index in [0.717, 1.165) is 24.3 Å². The van der Waals surface area contributed by atoms with Crippen LogP contribution in [0.3, 0.4) is 0 Å². The summed E-state index contributed by atoms with van der Waals surface area (Å²) < 4.78 is 42.2. The molecule has 1 amide bonds. The summed E-state index contributed by atoms with van der Waals surface area (Å²) >= 11 is 0. The van der Waals surface area contributed by atoms with Crippen molar-refractivity contribution in [3.05, 3.63) is 53.8 Å². The molecule has 2 aliphatic heterocycles. The first kappa shape index (κ1) is 22.7. The lowest BCUT2D eigenvalue weighted by molar-refractivity contribution is -0.116. The highest BCUT2D eigenvalue weighted by Gasteiger charge is 2.30. The molecule has 1 saturated heterocycles. The number of piperazine rings is 1. The SMILES string of the molecule is CC(=O)N1c2ccc(S(=O)(=O)NCCN3CCN(c4ccccc4F)CC3)cc2C[C@@H]1C. The maximum atomic E-state index is 14.0. The van der Waals surface area contributed by atoms with Crippen molar-refractivity contribution in [3.8, 4) is 0 Å². The third kappa shape index (κ3) is 4.65. The Hall–Kier alpha value is -2.49.